The summed E-state index contributed by atoms with van der Waals surface area (Å²) in [7, 11) is 0. The molecule has 0 unspecified atom stereocenters. The van der Waals surface area contributed by atoms with Crippen LogP contribution >= 0.6 is 68.2 Å². The molecule has 27 nitrogen and oxygen atoms in total. The minimum Gasteiger partial charge on any atom is -0.391 e. The molecule has 136 heavy (non-hydrogen) atoms. The van der Waals surface area contributed by atoms with Crippen LogP contribution in [0.15, 0.2) is 137 Å². The largest absolute Gasteiger partial charge is 0.391 e. The summed E-state index contributed by atoms with van der Waals surface area (Å²) in [5, 5.41) is 58.2. The van der Waals surface area contributed by atoms with E-state index in [0.29, 0.717) is 80.7 Å². The maximum Gasteiger partial charge on any atom is 0.234 e. The van der Waals surface area contributed by atoms with Crippen LogP contribution in [-0.4, -0.2) is 216 Å². The number of benzene rings is 4. The standard InChI is InChI=1S/2C26H32N4O3S.C26H31N3O3S2.C25H30N4O3S2/c1-15(2)23(25-27-12-16(3)29-25)26(33)30-13-20(31)11-21(30)22(32)10-7-18-5-8-19(9-6-18)24-17(4)28-14-34-24;1-15(2)24(21-11-16(3)28-29-21)26(33)30-13-20(31)12-22(30)23(32)10-7-18-5-8-19(9-6-18)25-17(4)27-14-34-25;1-15(2)24(23-11-16(3)28-34-23)26(32)29-13-20(30)12-21(29)22(31)10-7-18-5-8-19(9-6-18)25-17(4)27-14-33-25;1-14(2)22(24-28-27-16(4)34-24)25(32)29-12-19(30)11-20(29)21(31)10-7-17-5-8-18(9-6-17)23-15(3)26-13-33-23/h5-6,8-9,12,14-15,20-21,23,31H,7,10-11,13H2,1-4H3,(H,27,29);5-6,8-9,11,14-15,20,22,24,31H,7,10,12-13H2,1-4H3,(H,28,29);5-6,8-9,11,14-15,20-21,24,30H,7,10,12-13H2,1-4H3;5-6,8-9,13-14,19-20,22,30H,7,10-12H2,1-4H3/t20-,21+,23-;20-,22+,24-;20-,21+,24-;19-,20+,22-/m1111/s1. The molecule has 720 valence electrons. The van der Waals surface area contributed by atoms with E-state index in [4.69, 9.17) is 0 Å². The Morgan fingerprint density at radius 3 is 0.963 bits per heavy atom. The highest BCUT2D eigenvalue weighted by Crippen LogP contribution is 2.40. The van der Waals surface area contributed by atoms with Crippen molar-refractivity contribution >= 4 is 115 Å². The van der Waals surface area contributed by atoms with Crippen LogP contribution in [0.3, 0.4) is 0 Å². The van der Waals surface area contributed by atoms with Gasteiger partial charge >= 0.3 is 0 Å². The summed E-state index contributed by atoms with van der Waals surface area (Å²) in [6.45, 7) is 32.2. The predicted molar refractivity (Wildman–Crippen MR) is 535 cm³/mol. The van der Waals surface area contributed by atoms with Crippen molar-refractivity contribution in [2.24, 2.45) is 23.7 Å². The molecule has 12 heterocycles. The van der Waals surface area contributed by atoms with Crippen molar-refractivity contribution in [2.45, 2.75) is 260 Å². The van der Waals surface area contributed by atoms with Gasteiger partial charge in [-0.2, -0.15) is 9.47 Å². The molecule has 16 rings (SSSR count). The lowest BCUT2D eigenvalue weighted by Gasteiger charge is -2.29. The molecule has 0 bridgehead atoms. The lowest BCUT2D eigenvalue weighted by molar-refractivity contribution is -0.140. The average Bonchev–Trinajstić information content (AvgIpc) is 1.66. The van der Waals surface area contributed by atoms with Gasteiger partial charge in [0.2, 0.25) is 23.6 Å². The van der Waals surface area contributed by atoms with Crippen molar-refractivity contribution in [3.63, 3.8) is 0 Å². The number of aromatic amines is 2. The van der Waals surface area contributed by atoms with Gasteiger partial charge in [0.15, 0.2) is 23.1 Å². The quantitative estimate of drug-likeness (QED) is 0.0228. The van der Waals surface area contributed by atoms with Crippen molar-refractivity contribution in [3.8, 4) is 41.8 Å². The highest BCUT2D eigenvalue weighted by Gasteiger charge is 2.47. The Morgan fingerprint density at radius 1 is 0.390 bits per heavy atom. The Balaban J connectivity index is 0.000000153. The van der Waals surface area contributed by atoms with Gasteiger partial charge in [0.25, 0.3) is 0 Å². The zero-order valence-electron chi connectivity index (χ0n) is 80.1. The Labute approximate surface area is 819 Å². The minimum atomic E-state index is -0.691. The summed E-state index contributed by atoms with van der Waals surface area (Å²) in [6.07, 6.45) is 3.86. The number of nitrogens with one attached hydrogen (secondary N) is 2. The molecule has 4 aliphatic rings. The first-order chi connectivity index (χ1) is 65.0. The maximum absolute atomic E-state index is 13.5. The molecule has 6 N–H and O–H groups in total. The number of aliphatic hydroxyl groups is 4. The fourth-order valence-electron chi connectivity index (χ4n) is 18.5. The van der Waals surface area contributed by atoms with Crippen LogP contribution < -0.4 is 0 Å². The molecule has 0 saturated carbocycles. The van der Waals surface area contributed by atoms with E-state index < -0.39 is 66.3 Å². The number of aryl methyl sites for hydroxylation is 12. The third-order valence-electron chi connectivity index (χ3n) is 25.8. The van der Waals surface area contributed by atoms with Gasteiger partial charge in [-0.25, -0.2) is 24.9 Å². The number of amides is 4. The van der Waals surface area contributed by atoms with E-state index >= 15 is 0 Å². The number of aromatic nitrogens is 11. The fourth-order valence-corrected chi connectivity index (χ4v) is 23.8. The van der Waals surface area contributed by atoms with Crippen LogP contribution in [0.25, 0.3) is 41.8 Å². The number of H-pyrrole nitrogens is 2. The molecular formula is C103H125N15O12S6. The molecule has 12 atom stereocenters. The number of hydrogen-bond acceptors (Lipinski definition) is 27. The second kappa shape index (κ2) is 46.7. The van der Waals surface area contributed by atoms with Crippen molar-refractivity contribution in [3.05, 3.63) is 226 Å². The molecule has 0 spiro atoms. The number of hydrogen-bond donors (Lipinski definition) is 6. The number of imidazole rings is 1. The first-order valence-electron chi connectivity index (χ1n) is 46.8. The Kier molecular flexibility index (Phi) is 35.3. The summed E-state index contributed by atoms with van der Waals surface area (Å²) < 4.78 is 4.34. The first kappa shape index (κ1) is 103. The Bertz CT molecular complexity index is 5340. The summed E-state index contributed by atoms with van der Waals surface area (Å²) in [5.74, 6) is -1.56. The number of carbonyl (C=O) groups excluding carboxylic acids is 8. The summed E-state index contributed by atoms with van der Waals surface area (Å²) in [6, 6.07) is 34.3. The first-order valence-corrected chi connectivity index (χ1v) is 51.9. The molecule has 4 aliphatic heterocycles. The average molecular weight is 1960 g/mol. The van der Waals surface area contributed by atoms with E-state index in [-0.39, 0.29) is 115 Å². The van der Waals surface area contributed by atoms with Crippen molar-refractivity contribution in [1.29, 1.82) is 0 Å². The Hall–Kier alpha value is -10.6. The number of aliphatic hydroxyl groups excluding tert-OH is 4. The van der Waals surface area contributed by atoms with Crippen molar-refractivity contribution < 1.29 is 58.8 Å². The molecule has 8 aromatic heterocycles. The second-order valence-electron chi connectivity index (χ2n) is 37.6. The minimum absolute atomic E-state index is 0.00649. The monoisotopic (exact) mass is 1960 g/mol. The van der Waals surface area contributed by atoms with Crippen molar-refractivity contribution in [1.82, 2.24) is 74.3 Å². The summed E-state index contributed by atoms with van der Waals surface area (Å²) in [4.78, 5) is 143. The smallest absolute Gasteiger partial charge is 0.234 e. The molecule has 4 saturated heterocycles. The molecule has 0 radical (unpaired) electrons. The third kappa shape index (κ3) is 25.5. The van der Waals surface area contributed by atoms with Gasteiger partial charge in [-0.1, -0.05) is 152 Å². The lowest BCUT2D eigenvalue weighted by Crippen LogP contribution is -2.44. The van der Waals surface area contributed by atoms with E-state index in [1.807, 2.05) is 181 Å². The second-order valence-corrected chi connectivity index (χ2v) is 43.1. The van der Waals surface area contributed by atoms with E-state index in [2.05, 4.69) is 115 Å². The molecule has 12 aromatic rings. The molecule has 4 fully saturated rings. The van der Waals surface area contributed by atoms with Gasteiger partial charge < -0.3 is 45.0 Å². The van der Waals surface area contributed by atoms with Crippen LogP contribution in [0.2, 0.25) is 0 Å². The number of rotatable bonds is 32. The highest BCUT2D eigenvalue weighted by molar-refractivity contribution is 7.14. The van der Waals surface area contributed by atoms with Crippen LogP contribution in [0.4, 0.5) is 0 Å². The van der Waals surface area contributed by atoms with Crippen LogP contribution in [0.1, 0.15) is 219 Å². The number of carbonyl (C=O) groups is 8. The van der Waals surface area contributed by atoms with Gasteiger partial charge in [-0.05, 0) is 173 Å². The van der Waals surface area contributed by atoms with E-state index in [9.17, 15) is 58.8 Å². The third-order valence-corrected chi connectivity index (χ3v) is 31.6. The highest BCUT2D eigenvalue weighted by atomic mass is 32.1. The lowest BCUT2D eigenvalue weighted by atomic mass is 9.90. The number of nitrogens with zero attached hydrogens (tertiary/aromatic N) is 13. The van der Waals surface area contributed by atoms with E-state index in [1.165, 1.54) is 22.9 Å². The topological polar surface area (TPSA) is 378 Å². The van der Waals surface area contributed by atoms with E-state index in [1.54, 1.807) is 71.1 Å². The molecule has 4 aromatic carbocycles. The van der Waals surface area contributed by atoms with E-state index in [0.717, 1.165) is 114 Å². The van der Waals surface area contributed by atoms with Gasteiger partial charge in [0.1, 0.15) is 15.8 Å². The maximum atomic E-state index is 13.5. The molecule has 4 amide bonds. The van der Waals surface area contributed by atoms with Gasteiger partial charge in [0, 0.05) is 100 Å². The number of thiazole rings is 4. The molecule has 0 aliphatic carbocycles. The van der Waals surface area contributed by atoms with Gasteiger partial charge in [0.05, 0.1) is 148 Å². The SMILES string of the molecule is Cc1cc([C@H](C(=O)N2C[C@H](O)C[C@H]2C(=O)CCc2ccc(-c3scnc3C)cc2)C(C)C)n[nH]1.Cc1cc([C@H](C(=O)N2C[C@H](O)C[C@H]2C(=O)CCc2ccc(-c3scnc3C)cc2)C(C)C)sn1.Cc1cnc([C@H](C(=O)N2C[C@H](O)C[C@H]2C(=O)CCc2ccc(-c3scnc3C)cc2)C(C)C)[nH]1.Cc1nnc([C@H](C(=O)N2C[C@H](O)C[C@H]2C(=O)CCc2ccc(-c3scnc3C)cc2)C(C)C)s1. The Morgan fingerprint density at radius 2 is 0.706 bits per heavy atom. The molecule has 33 heteroatoms. The molecular weight excluding hydrogens is 1830 g/mol. The van der Waals surface area contributed by atoms with Crippen LogP contribution in [0.5, 0.6) is 0 Å². The number of Topliss-reactive ketones (excluding diaryl/α,β-unsaturated/α-hetero) is 4. The normalized spacial score (nSPS) is 19.1. The summed E-state index contributed by atoms with van der Waals surface area (Å²) in [5.41, 5.74) is 23.6. The zero-order valence-corrected chi connectivity index (χ0v) is 85.0. The van der Waals surface area contributed by atoms with Gasteiger partial charge in [-0.15, -0.1) is 66.9 Å². The number of β-amino-alcohol motifs (C(OH)–C–C–N with tert-alkyl or cyclic N) is 4. The predicted octanol–water partition coefficient (Wildman–Crippen LogP) is 17.1. The van der Waals surface area contributed by atoms with Crippen LogP contribution in [-0.2, 0) is 64.0 Å². The van der Waals surface area contributed by atoms with Crippen molar-refractivity contribution in [2.75, 3.05) is 26.2 Å². The number of likely N-dealkylation sites (tertiary alicyclic amines) is 4. The fraction of sp³-hybridized carbons (Fsp3) is 0.466. The summed E-state index contributed by atoms with van der Waals surface area (Å²) >= 11 is 9.23. The number of ketones is 4. The zero-order chi connectivity index (χ0) is 97.6. The van der Waals surface area contributed by atoms with Crippen LogP contribution in [0, 0.1) is 79.1 Å². The van der Waals surface area contributed by atoms with Gasteiger partial charge in [-0.3, -0.25) is 43.5 Å².